The Labute approximate surface area is 116 Å². The highest BCUT2D eigenvalue weighted by molar-refractivity contribution is 6.34. The third-order valence-corrected chi connectivity index (χ3v) is 4.12. The molecule has 19 heavy (non-hydrogen) atoms. The molecule has 100 valence electrons. The first kappa shape index (κ1) is 12.5. The van der Waals surface area contributed by atoms with Gasteiger partial charge in [-0.3, -0.25) is 9.48 Å². The van der Waals surface area contributed by atoms with Gasteiger partial charge in [-0.15, -0.1) is 0 Å². The fourth-order valence-corrected chi connectivity index (χ4v) is 3.13. The van der Waals surface area contributed by atoms with Crippen LogP contribution in [0.2, 0.25) is 5.15 Å². The van der Waals surface area contributed by atoms with Gasteiger partial charge < -0.3 is 5.11 Å². The number of carboxylic acids is 1. The second-order valence-electron chi connectivity index (χ2n) is 5.20. The first-order valence-electron chi connectivity index (χ1n) is 6.41. The van der Waals surface area contributed by atoms with Crippen molar-refractivity contribution in [2.45, 2.75) is 25.2 Å². The van der Waals surface area contributed by atoms with E-state index in [-0.39, 0.29) is 12.3 Å². The van der Waals surface area contributed by atoms with Gasteiger partial charge in [-0.2, -0.15) is 5.10 Å². The van der Waals surface area contributed by atoms with E-state index >= 15 is 0 Å². The van der Waals surface area contributed by atoms with Gasteiger partial charge in [0.05, 0.1) is 11.9 Å². The molecule has 1 N–H and O–H groups in total. The van der Waals surface area contributed by atoms with E-state index in [0.29, 0.717) is 11.1 Å². The number of halogens is 1. The Hall–Kier alpha value is -1.55. The lowest BCUT2D eigenvalue weighted by molar-refractivity contribution is -0.137. The van der Waals surface area contributed by atoms with Crippen molar-refractivity contribution in [3.63, 3.8) is 0 Å². The molecule has 1 unspecified atom stereocenters. The topological polar surface area (TPSA) is 55.1 Å². The second-order valence-corrected chi connectivity index (χ2v) is 5.56. The summed E-state index contributed by atoms with van der Waals surface area (Å²) < 4.78 is 1.74. The van der Waals surface area contributed by atoms with Crippen LogP contribution in [0.5, 0.6) is 0 Å². The minimum absolute atomic E-state index is 0.0444. The van der Waals surface area contributed by atoms with Crippen molar-refractivity contribution in [2.75, 3.05) is 0 Å². The maximum atomic E-state index is 11.1. The van der Waals surface area contributed by atoms with Gasteiger partial charge in [0.2, 0.25) is 0 Å². The Morgan fingerprint density at radius 2 is 2.32 bits per heavy atom. The van der Waals surface area contributed by atoms with E-state index < -0.39 is 5.97 Å². The highest BCUT2D eigenvalue weighted by Crippen LogP contribution is 2.47. The summed E-state index contributed by atoms with van der Waals surface area (Å²) in [5, 5.41) is 14.7. The maximum absolute atomic E-state index is 11.1. The minimum Gasteiger partial charge on any atom is -0.481 e. The molecule has 0 saturated heterocycles. The lowest BCUT2D eigenvalue weighted by Crippen LogP contribution is -2.08. The Balaban J connectivity index is 2.14. The van der Waals surface area contributed by atoms with Crippen LogP contribution in [-0.4, -0.2) is 20.9 Å². The Morgan fingerprint density at radius 1 is 1.58 bits per heavy atom. The summed E-state index contributed by atoms with van der Waals surface area (Å²) in [6, 6.07) is 5.90. The molecule has 1 aliphatic rings. The van der Waals surface area contributed by atoms with Crippen molar-refractivity contribution in [1.29, 1.82) is 0 Å². The highest BCUT2D eigenvalue weighted by Gasteiger charge is 2.35. The molecule has 0 radical (unpaired) electrons. The van der Waals surface area contributed by atoms with Gasteiger partial charge in [0.15, 0.2) is 5.15 Å². The van der Waals surface area contributed by atoms with Crippen molar-refractivity contribution in [3.05, 3.63) is 28.9 Å². The number of hydrogen-bond acceptors (Lipinski definition) is 2. The van der Waals surface area contributed by atoms with Crippen molar-refractivity contribution in [1.82, 2.24) is 9.78 Å². The zero-order valence-electron chi connectivity index (χ0n) is 10.6. The van der Waals surface area contributed by atoms with Crippen LogP contribution < -0.4 is 0 Å². The molecule has 1 fully saturated rings. The molecule has 2 aromatic rings. The summed E-state index contributed by atoms with van der Waals surface area (Å²) in [7, 11) is 1.85. The van der Waals surface area contributed by atoms with Crippen molar-refractivity contribution >= 4 is 28.5 Å². The monoisotopic (exact) mass is 278 g/mol. The van der Waals surface area contributed by atoms with E-state index in [0.717, 1.165) is 29.3 Å². The smallest absolute Gasteiger partial charge is 0.303 e. The van der Waals surface area contributed by atoms with Crippen LogP contribution in [0.3, 0.4) is 0 Å². The number of benzene rings is 1. The van der Waals surface area contributed by atoms with E-state index in [1.54, 1.807) is 4.68 Å². The van der Waals surface area contributed by atoms with Gasteiger partial charge in [0, 0.05) is 12.4 Å². The first-order chi connectivity index (χ1) is 9.08. The Morgan fingerprint density at radius 3 is 2.95 bits per heavy atom. The van der Waals surface area contributed by atoms with Crippen molar-refractivity contribution in [3.8, 4) is 0 Å². The number of fused-ring (bicyclic) bond motifs is 1. The molecule has 0 spiro atoms. The number of carbonyl (C=O) groups is 1. The van der Waals surface area contributed by atoms with Gasteiger partial charge >= 0.3 is 5.97 Å². The van der Waals surface area contributed by atoms with Crippen LogP contribution in [0.15, 0.2) is 18.2 Å². The second kappa shape index (κ2) is 4.53. The zero-order chi connectivity index (χ0) is 13.6. The minimum atomic E-state index is -0.756. The van der Waals surface area contributed by atoms with Gasteiger partial charge in [-0.05, 0) is 36.3 Å². The molecule has 1 aromatic carbocycles. The van der Waals surface area contributed by atoms with Crippen LogP contribution in [-0.2, 0) is 11.8 Å². The number of carboxylic acid groups (broad SMARTS) is 1. The zero-order valence-corrected chi connectivity index (χ0v) is 11.4. The van der Waals surface area contributed by atoms with Crippen LogP contribution in [0.25, 0.3) is 10.9 Å². The molecular weight excluding hydrogens is 264 g/mol. The van der Waals surface area contributed by atoms with Crippen LogP contribution >= 0.6 is 11.6 Å². The molecule has 0 bridgehead atoms. The molecule has 0 aliphatic heterocycles. The summed E-state index contributed by atoms with van der Waals surface area (Å²) in [5.74, 6) is -0.241. The van der Waals surface area contributed by atoms with Crippen molar-refractivity contribution in [2.24, 2.45) is 13.0 Å². The summed E-state index contributed by atoms with van der Waals surface area (Å²) in [5.41, 5.74) is 1.99. The molecule has 1 aromatic heterocycles. The van der Waals surface area contributed by atoms with Gasteiger partial charge in [-0.1, -0.05) is 23.7 Å². The van der Waals surface area contributed by atoms with Crippen molar-refractivity contribution < 1.29 is 9.90 Å². The largest absolute Gasteiger partial charge is 0.481 e. The average molecular weight is 279 g/mol. The number of aryl methyl sites for hydroxylation is 1. The number of nitrogens with zero attached hydrogens (tertiary/aromatic N) is 2. The first-order valence-corrected chi connectivity index (χ1v) is 6.78. The van der Waals surface area contributed by atoms with E-state index in [1.165, 1.54) is 0 Å². The molecule has 0 amide bonds. The lowest BCUT2D eigenvalue weighted by atomic mass is 9.89. The number of hydrogen-bond donors (Lipinski definition) is 1. The molecule has 1 heterocycles. The molecular formula is C14H15ClN2O2. The van der Waals surface area contributed by atoms with E-state index in [1.807, 2.05) is 25.2 Å². The fourth-order valence-electron chi connectivity index (χ4n) is 2.81. The fraction of sp³-hybridized carbons (Fsp3) is 0.429. The Kier molecular flexibility index (Phi) is 2.97. The quantitative estimate of drug-likeness (QED) is 0.934. The number of aromatic nitrogens is 2. The number of aliphatic carboxylic acids is 1. The third-order valence-electron chi connectivity index (χ3n) is 3.85. The molecule has 1 aliphatic carbocycles. The van der Waals surface area contributed by atoms with E-state index in [2.05, 4.69) is 5.10 Å². The Bertz CT molecular complexity index is 646. The summed E-state index contributed by atoms with van der Waals surface area (Å²) in [6.07, 6.45) is 2.37. The predicted octanol–water partition coefficient (Wildman–Crippen LogP) is 3.20. The molecule has 3 rings (SSSR count). The van der Waals surface area contributed by atoms with Gasteiger partial charge in [0.25, 0.3) is 0 Å². The van der Waals surface area contributed by atoms with Gasteiger partial charge in [0.1, 0.15) is 0 Å². The van der Waals surface area contributed by atoms with Crippen LogP contribution in [0, 0.1) is 5.92 Å². The summed E-state index contributed by atoms with van der Waals surface area (Å²) in [4.78, 5) is 11.1. The molecule has 5 heteroatoms. The maximum Gasteiger partial charge on any atom is 0.303 e. The lowest BCUT2D eigenvalue weighted by Gasteiger charge is -2.15. The average Bonchev–Trinajstić information content (AvgIpc) is 3.14. The standard InChI is InChI=1S/C14H15ClN2O2/c1-17-11-4-2-3-9(13(11)14(15)16-17)10(7-12(18)19)8-5-6-8/h2-4,8,10H,5-7H2,1H3,(H,18,19). The van der Waals surface area contributed by atoms with E-state index in [9.17, 15) is 4.79 Å². The third kappa shape index (κ3) is 2.21. The number of rotatable bonds is 4. The molecule has 1 saturated carbocycles. The van der Waals surface area contributed by atoms with E-state index in [4.69, 9.17) is 16.7 Å². The highest BCUT2D eigenvalue weighted by atomic mass is 35.5. The summed E-state index contributed by atoms with van der Waals surface area (Å²) >= 11 is 6.21. The normalized spacial score (nSPS) is 16.7. The summed E-state index contributed by atoms with van der Waals surface area (Å²) in [6.45, 7) is 0. The predicted molar refractivity (Wildman–Crippen MR) is 73.4 cm³/mol. The SMILES string of the molecule is Cn1nc(Cl)c2c(C(CC(=O)O)C3CC3)cccc21. The molecule has 4 nitrogen and oxygen atoms in total. The van der Waals surface area contributed by atoms with Crippen LogP contribution in [0.4, 0.5) is 0 Å². The van der Waals surface area contributed by atoms with Crippen LogP contribution in [0.1, 0.15) is 30.7 Å². The molecule has 1 atom stereocenters. The van der Waals surface area contributed by atoms with Gasteiger partial charge in [-0.25, -0.2) is 0 Å².